The van der Waals surface area contributed by atoms with Gasteiger partial charge in [-0.2, -0.15) is 5.26 Å². The first-order valence-electron chi connectivity index (χ1n) is 6.30. The third-order valence-corrected chi connectivity index (χ3v) is 4.60. The van der Waals surface area contributed by atoms with Crippen LogP contribution < -0.4 is 4.43 Å². The van der Waals surface area contributed by atoms with Gasteiger partial charge in [0.25, 0.3) is 0 Å². The summed E-state index contributed by atoms with van der Waals surface area (Å²) in [5, 5.41) is 8.76. The minimum absolute atomic E-state index is 0.447. The van der Waals surface area contributed by atoms with Crippen LogP contribution in [0.3, 0.4) is 0 Å². The van der Waals surface area contributed by atoms with Gasteiger partial charge in [-0.3, -0.25) is 0 Å². The zero-order valence-electron chi connectivity index (χ0n) is 11.5. The van der Waals surface area contributed by atoms with E-state index in [0.717, 1.165) is 0 Å². The molecule has 0 atom stereocenters. The van der Waals surface area contributed by atoms with Gasteiger partial charge >= 0.3 is 9.05 Å². The first-order chi connectivity index (χ1) is 9.19. The number of hydrogen-bond donors (Lipinski definition) is 0. The van der Waals surface area contributed by atoms with E-state index >= 15 is 0 Å². The van der Waals surface area contributed by atoms with Crippen LogP contribution in [-0.2, 0) is 13.3 Å². The lowest BCUT2D eigenvalue weighted by molar-refractivity contribution is 0.00970. The normalized spacial score (nSPS) is 11.1. The van der Waals surface area contributed by atoms with E-state index in [1.54, 1.807) is 24.3 Å². The second-order valence-corrected chi connectivity index (χ2v) is 5.61. The van der Waals surface area contributed by atoms with E-state index in [1.165, 1.54) is 0 Å². The molecule has 104 valence electrons. The number of rotatable bonds is 8. The minimum Gasteiger partial charge on any atom is -0.480 e. The van der Waals surface area contributed by atoms with Gasteiger partial charge in [-0.25, -0.2) is 0 Å². The van der Waals surface area contributed by atoms with E-state index in [1.807, 2.05) is 20.8 Å². The summed E-state index contributed by atoms with van der Waals surface area (Å²) in [7, 11) is -3.15. The molecule has 0 radical (unpaired) electrons. The van der Waals surface area contributed by atoms with E-state index in [0.29, 0.717) is 31.1 Å². The van der Waals surface area contributed by atoms with Crippen LogP contribution in [0.15, 0.2) is 24.3 Å². The Morgan fingerprint density at radius 2 is 1.42 bits per heavy atom. The van der Waals surface area contributed by atoms with Gasteiger partial charge in [-0.1, -0.05) is 0 Å². The third-order valence-electron chi connectivity index (χ3n) is 2.19. The molecule has 0 aromatic heterocycles. The molecule has 0 fully saturated rings. The maximum Gasteiger partial charge on any atom is 0.749 e. The molecule has 19 heavy (non-hydrogen) atoms. The molecule has 0 N–H and O–H groups in total. The summed E-state index contributed by atoms with van der Waals surface area (Å²) in [4.78, 5) is 0. The van der Waals surface area contributed by atoms with Crippen molar-refractivity contribution in [1.82, 2.24) is 0 Å². The fourth-order valence-electron chi connectivity index (χ4n) is 1.49. The zero-order chi connectivity index (χ0) is 14.1. The van der Waals surface area contributed by atoms with Gasteiger partial charge in [-0.15, -0.1) is 0 Å². The Labute approximate surface area is 115 Å². The highest BCUT2D eigenvalue weighted by Crippen LogP contribution is 2.19. The molecule has 0 bridgehead atoms. The SMILES string of the molecule is CCO[Si](OCC)(OCC)Oc1ccc(C#N)cc1. The van der Waals surface area contributed by atoms with Gasteiger partial charge < -0.3 is 17.7 Å². The minimum atomic E-state index is -3.15. The molecule has 1 rings (SSSR count). The molecule has 0 saturated heterocycles. The Balaban J connectivity index is 2.87. The second-order valence-electron chi connectivity index (χ2n) is 3.54. The highest BCUT2D eigenvalue weighted by molar-refractivity contribution is 6.54. The molecule has 1 aromatic carbocycles. The molecule has 0 amide bonds. The van der Waals surface area contributed by atoms with Crippen molar-refractivity contribution in [2.24, 2.45) is 0 Å². The molecule has 0 aliphatic rings. The topological polar surface area (TPSA) is 60.7 Å². The Kier molecular flexibility index (Phi) is 6.52. The lowest BCUT2D eigenvalue weighted by Crippen LogP contribution is -2.52. The summed E-state index contributed by atoms with van der Waals surface area (Å²) in [6.45, 7) is 6.93. The summed E-state index contributed by atoms with van der Waals surface area (Å²) in [6.07, 6.45) is 0. The van der Waals surface area contributed by atoms with Crippen molar-refractivity contribution in [3.63, 3.8) is 0 Å². The summed E-state index contributed by atoms with van der Waals surface area (Å²) in [6, 6.07) is 8.82. The Hall–Kier alpha value is -1.39. The Morgan fingerprint density at radius 3 is 1.79 bits per heavy atom. The van der Waals surface area contributed by atoms with E-state index in [9.17, 15) is 0 Å². The van der Waals surface area contributed by atoms with Crippen LogP contribution in [0.2, 0.25) is 0 Å². The van der Waals surface area contributed by atoms with Crippen molar-refractivity contribution < 1.29 is 17.7 Å². The Bertz CT molecular complexity index is 399. The van der Waals surface area contributed by atoms with Crippen molar-refractivity contribution >= 4 is 9.05 Å². The lowest BCUT2D eigenvalue weighted by Gasteiger charge is -2.26. The van der Waals surface area contributed by atoms with E-state index in [-0.39, 0.29) is 0 Å². The van der Waals surface area contributed by atoms with Crippen LogP contribution in [0.1, 0.15) is 26.3 Å². The van der Waals surface area contributed by atoms with Crippen molar-refractivity contribution in [3.05, 3.63) is 29.8 Å². The van der Waals surface area contributed by atoms with Gasteiger partial charge in [0.2, 0.25) is 0 Å². The monoisotopic (exact) mass is 281 g/mol. The predicted octanol–water partition coefficient (Wildman–Crippen LogP) is 2.48. The molecule has 0 heterocycles. The quantitative estimate of drug-likeness (QED) is 0.685. The highest BCUT2D eigenvalue weighted by atomic mass is 28.4. The fourth-order valence-corrected chi connectivity index (χ4v) is 3.40. The van der Waals surface area contributed by atoms with E-state index < -0.39 is 9.05 Å². The standard InChI is InChI=1S/C13H19NO4Si/c1-4-15-19(16-5-2,17-6-3)18-13-9-7-12(11-14)8-10-13/h7-10H,4-6H2,1-3H3. The number of hydrogen-bond acceptors (Lipinski definition) is 5. The van der Waals surface area contributed by atoms with Crippen molar-refractivity contribution in [2.45, 2.75) is 20.8 Å². The van der Waals surface area contributed by atoms with Gasteiger partial charge in [0, 0.05) is 19.8 Å². The second kappa shape index (κ2) is 7.91. The average Bonchev–Trinajstić information content (AvgIpc) is 2.40. The summed E-state index contributed by atoms with van der Waals surface area (Å²) >= 11 is 0. The molecule has 0 aliphatic carbocycles. The molecule has 0 spiro atoms. The molecular weight excluding hydrogens is 262 g/mol. The number of nitriles is 1. The number of benzene rings is 1. The maximum atomic E-state index is 8.76. The molecule has 0 unspecified atom stereocenters. The van der Waals surface area contributed by atoms with Gasteiger partial charge in [0.05, 0.1) is 11.6 Å². The molecule has 5 nitrogen and oxygen atoms in total. The highest BCUT2D eigenvalue weighted by Gasteiger charge is 2.47. The third kappa shape index (κ3) is 4.65. The van der Waals surface area contributed by atoms with Gasteiger partial charge in [0.15, 0.2) is 0 Å². The first kappa shape index (κ1) is 15.7. The number of nitrogens with zero attached hydrogens (tertiary/aromatic N) is 1. The van der Waals surface area contributed by atoms with Gasteiger partial charge in [-0.05, 0) is 45.0 Å². The summed E-state index contributed by atoms with van der Waals surface area (Å²) in [5.41, 5.74) is 0.573. The van der Waals surface area contributed by atoms with Crippen LogP contribution in [0.25, 0.3) is 0 Å². The fraction of sp³-hybridized carbons (Fsp3) is 0.462. The van der Waals surface area contributed by atoms with Gasteiger partial charge in [0.1, 0.15) is 5.75 Å². The lowest BCUT2D eigenvalue weighted by atomic mass is 10.2. The summed E-state index contributed by atoms with van der Waals surface area (Å²) < 4.78 is 22.5. The summed E-state index contributed by atoms with van der Waals surface area (Å²) in [5.74, 6) is 0.570. The van der Waals surface area contributed by atoms with Crippen LogP contribution >= 0.6 is 0 Å². The first-order valence-corrected chi connectivity index (χ1v) is 7.94. The van der Waals surface area contributed by atoms with E-state index in [4.69, 9.17) is 23.0 Å². The van der Waals surface area contributed by atoms with E-state index in [2.05, 4.69) is 6.07 Å². The van der Waals surface area contributed by atoms with Crippen molar-refractivity contribution in [2.75, 3.05) is 19.8 Å². The molecular formula is C13H19NO4Si. The Morgan fingerprint density at radius 1 is 0.947 bits per heavy atom. The van der Waals surface area contributed by atoms with Crippen LogP contribution in [0.5, 0.6) is 5.75 Å². The molecule has 0 aliphatic heterocycles. The largest absolute Gasteiger partial charge is 0.749 e. The van der Waals surface area contributed by atoms with Crippen LogP contribution in [0.4, 0.5) is 0 Å². The maximum absolute atomic E-state index is 8.76. The van der Waals surface area contributed by atoms with Crippen LogP contribution in [-0.4, -0.2) is 28.9 Å². The molecule has 1 aromatic rings. The van der Waals surface area contributed by atoms with Crippen LogP contribution in [0, 0.1) is 11.3 Å². The molecule has 6 heteroatoms. The van der Waals surface area contributed by atoms with Crippen molar-refractivity contribution in [3.8, 4) is 11.8 Å². The van der Waals surface area contributed by atoms with Crippen molar-refractivity contribution in [1.29, 1.82) is 5.26 Å². The smallest absolute Gasteiger partial charge is 0.480 e. The predicted molar refractivity (Wildman–Crippen MR) is 72.4 cm³/mol. The zero-order valence-corrected chi connectivity index (χ0v) is 12.5. The average molecular weight is 281 g/mol. The molecule has 0 saturated carbocycles.